The van der Waals surface area contributed by atoms with Crippen molar-refractivity contribution in [3.05, 3.63) is 0 Å². The molecule has 66 valence electrons. The molecule has 1 aliphatic rings. The zero-order valence-corrected chi connectivity index (χ0v) is 8.07. The summed E-state index contributed by atoms with van der Waals surface area (Å²) in [6.45, 7) is 11.3. The molecule has 2 N–H and O–H groups in total. The lowest BCUT2D eigenvalue weighted by Crippen LogP contribution is -2.57. The van der Waals surface area contributed by atoms with Gasteiger partial charge in [0.25, 0.3) is 0 Å². The Bertz CT molecular complexity index is 114. The molecule has 0 amide bonds. The van der Waals surface area contributed by atoms with Crippen LogP contribution in [0, 0.1) is 11.8 Å². The fraction of sp³-hybridized carbons (Fsp3) is 1.00. The van der Waals surface area contributed by atoms with Crippen LogP contribution in [0.25, 0.3) is 0 Å². The molecule has 0 saturated carbocycles. The second kappa shape index (κ2) is 3.11. The standard InChI is InChI=1S/C9H20N2/c1-7(2)9(8(3)4)10-5-6-11-9/h7-8,10-11H,5-6H2,1-4H3. The molecule has 11 heavy (non-hydrogen) atoms. The summed E-state index contributed by atoms with van der Waals surface area (Å²) in [5.74, 6) is 1.31. The maximum absolute atomic E-state index is 3.56. The maximum atomic E-state index is 3.56. The third kappa shape index (κ3) is 1.42. The van der Waals surface area contributed by atoms with E-state index in [1.54, 1.807) is 0 Å². The molecule has 0 atom stereocenters. The number of rotatable bonds is 2. The summed E-state index contributed by atoms with van der Waals surface area (Å²) in [7, 11) is 0. The Morgan fingerprint density at radius 1 is 0.909 bits per heavy atom. The zero-order valence-electron chi connectivity index (χ0n) is 8.07. The summed E-state index contributed by atoms with van der Waals surface area (Å²) >= 11 is 0. The summed E-state index contributed by atoms with van der Waals surface area (Å²) in [6.07, 6.45) is 0. The lowest BCUT2D eigenvalue weighted by molar-refractivity contribution is 0.164. The minimum Gasteiger partial charge on any atom is -0.298 e. The van der Waals surface area contributed by atoms with Crippen molar-refractivity contribution in [2.24, 2.45) is 11.8 Å². The number of hydrogen-bond acceptors (Lipinski definition) is 2. The number of nitrogens with one attached hydrogen (secondary N) is 2. The van der Waals surface area contributed by atoms with E-state index in [0.29, 0.717) is 11.8 Å². The summed E-state index contributed by atoms with van der Waals surface area (Å²) in [6, 6.07) is 0. The summed E-state index contributed by atoms with van der Waals surface area (Å²) in [5, 5.41) is 7.12. The average molecular weight is 156 g/mol. The lowest BCUT2D eigenvalue weighted by atomic mass is 9.86. The van der Waals surface area contributed by atoms with E-state index in [0.717, 1.165) is 13.1 Å². The van der Waals surface area contributed by atoms with Gasteiger partial charge in [-0.05, 0) is 11.8 Å². The lowest BCUT2D eigenvalue weighted by Gasteiger charge is -2.38. The van der Waals surface area contributed by atoms with Gasteiger partial charge < -0.3 is 0 Å². The van der Waals surface area contributed by atoms with E-state index in [4.69, 9.17) is 0 Å². The van der Waals surface area contributed by atoms with Gasteiger partial charge in [-0.15, -0.1) is 0 Å². The Hall–Kier alpha value is -0.0800. The Balaban J connectivity index is 2.70. The minimum absolute atomic E-state index is 0.194. The first-order valence-electron chi connectivity index (χ1n) is 4.59. The van der Waals surface area contributed by atoms with Crippen molar-refractivity contribution in [2.45, 2.75) is 33.4 Å². The maximum Gasteiger partial charge on any atom is 0.0735 e. The van der Waals surface area contributed by atoms with E-state index in [2.05, 4.69) is 38.3 Å². The van der Waals surface area contributed by atoms with Crippen LogP contribution in [0.5, 0.6) is 0 Å². The quantitative estimate of drug-likeness (QED) is 0.627. The molecule has 0 aromatic carbocycles. The van der Waals surface area contributed by atoms with Crippen LogP contribution in [0.3, 0.4) is 0 Å². The Morgan fingerprint density at radius 2 is 1.27 bits per heavy atom. The molecule has 2 nitrogen and oxygen atoms in total. The van der Waals surface area contributed by atoms with Crippen molar-refractivity contribution in [1.29, 1.82) is 0 Å². The van der Waals surface area contributed by atoms with Gasteiger partial charge in [-0.2, -0.15) is 0 Å². The molecule has 0 aromatic heterocycles. The molecule has 0 spiro atoms. The highest BCUT2D eigenvalue weighted by Gasteiger charge is 2.38. The first-order valence-corrected chi connectivity index (χ1v) is 4.59. The van der Waals surface area contributed by atoms with Gasteiger partial charge in [0.2, 0.25) is 0 Å². The number of hydrogen-bond donors (Lipinski definition) is 2. The van der Waals surface area contributed by atoms with E-state index in [-0.39, 0.29) is 5.66 Å². The molecular formula is C9H20N2. The first-order chi connectivity index (χ1) is 5.09. The average Bonchev–Trinajstić information content (AvgIpc) is 2.34. The van der Waals surface area contributed by atoms with Gasteiger partial charge in [0.05, 0.1) is 5.66 Å². The van der Waals surface area contributed by atoms with E-state index < -0.39 is 0 Å². The second-order valence-corrected chi connectivity index (χ2v) is 4.03. The fourth-order valence-electron chi connectivity index (χ4n) is 2.08. The van der Waals surface area contributed by atoms with Crippen molar-refractivity contribution in [1.82, 2.24) is 10.6 Å². The minimum atomic E-state index is 0.194. The van der Waals surface area contributed by atoms with Crippen molar-refractivity contribution in [3.8, 4) is 0 Å². The Morgan fingerprint density at radius 3 is 1.45 bits per heavy atom. The Labute approximate surface area is 69.8 Å². The third-order valence-corrected chi connectivity index (χ3v) is 2.78. The first kappa shape index (κ1) is 9.01. The van der Waals surface area contributed by atoms with Crippen LogP contribution in [0.15, 0.2) is 0 Å². The summed E-state index contributed by atoms with van der Waals surface area (Å²) in [4.78, 5) is 0. The highest BCUT2D eigenvalue weighted by Crippen LogP contribution is 2.24. The Kier molecular flexibility index (Phi) is 2.55. The fourth-order valence-corrected chi connectivity index (χ4v) is 2.08. The van der Waals surface area contributed by atoms with E-state index in [1.807, 2.05) is 0 Å². The van der Waals surface area contributed by atoms with Crippen LogP contribution in [0.4, 0.5) is 0 Å². The molecule has 0 aromatic rings. The van der Waals surface area contributed by atoms with Crippen molar-refractivity contribution in [2.75, 3.05) is 13.1 Å². The van der Waals surface area contributed by atoms with Gasteiger partial charge in [-0.1, -0.05) is 27.7 Å². The molecule has 1 rings (SSSR count). The van der Waals surface area contributed by atoms with Crippen molar-refractivity contribution >= 4 is 0 Å². The molecule has 1 aliphatic heterocycles. The predicted molar refractivity (Wildman–Crippen MR) is 48.4 cm³/mol. The van der Waals surface area contributed by atoms with Crippen molar-refractivity contribution < 1.29 is 0 Å². The van der Waals surface area contributed by atoms with E-state index in [1.165, 1.54) is 0 Å². The molecule has 0 bridgehead atoms. The van der Waals surface area contributed by atoms with E-state index in [9.17, 15) is 0 Å². The van der Waals surface area contributed by atoms with E-state index >= 15 is 0 Å². The van der Waals surface area contributed by atoms with Gasteiger partial charge in [0, 0.05) is 13.1 Å². The van der Waals surface area contributed by atoms with Gasteiger partial charge in [0.1, 0.15) is 0 Å². The molecule has 0 aliphatic carbocycles. The smallest absolute Gasteiger partial charge is 0.0735 e. The van der Waals surface area contributed by atoms with Crippen LogP contribution in [0.1, 0.15) is 27.7 Å². The van der Waals surface area contributed by atoms with Gasteiger partial charge in [-0.3, -0.25) is 10.6 Å². The molecule has 1 fully saturated rings. The van der Waals surface area contributed by atoms with Crippen LogP contribution < -0.4 is 10.6 Å². The normalized spacial score (nSPS) is 23.5. The largest absolute Gasteiger partial charge is 0.298 e. The van der Waals surface area contributed by atoms with Crippen LogP contribution >= 0.6 is 0 Å². The van der Waals surface area contributed by atoms with Gasteiger partial charge in [-0.25, -0.2) is 0 Å². The highest BCUT2D eigenvalue weighted by molar-refractivity contribution is 4.95. The van der Waals surface area contributed by atoms with Gasteiger partial charge >= 0.3 is 0 Å². The molecule has 0 unspecified atom stereocenters. The SMILES string of the molecule is CC(C)C1(C(C)C)NCCN1. The predicted octanol–water partition coefficient (Wildman–Crippen LogP) is 1.19. The summed E-state index contributed by atoms with van der Waals surface area (Å²) in [5.41, 5.74) is 0.194. The highest BCUT2D eigenvalue weighted by atomic mass is 15.3. The molecule has 1 heterocycles. The van der Waals surface area contributed by atoms with Gasteiger partial charge in [0.15, 0.2) is 0 Å². The van der Waals surface area contributed by atoms with Crippen molar-refractivity contribution in [3.63, 3.8) is 0 Å². The van der Waals surface area contributed by atoms with Crippen LogP contribution in [0.2, 0.25) is 0 Å². The van der Waals surface area contributed by atoms with Crippen LogP contribution in [-0.2, 0) is 0 Å². The molecule has 0 radical (unpaired) electrons. The topological polar surface area (TPSA) is 24.1 Å². The zero-order chi connectivity index (χ0) is 8.48. The monoisotopic (exact) mass is 156 g/mol. The third-order valence-electron chi connectivity index (χ3n) is 2.78. The second-order valence-electron chi connectivity index (χ2n) is 4.03. The summed E-state index contributed by atoms with van der Waals surface area (Å²) < 4.78 is 0. The van der Waals surface area contributed by atoms with Crippen LogP contribution in [-0.4, -0.2) is 18.8 Å². The molecule has 1 saturated heterocycles. The molecular weight excluding hydrogens is 136 g/mol. The molecule has 2 heteroatoms.